The van der Waals surface area contributed by atoms with Gasteiger partial charge in [0.05, 0.1) is 22.1 Å². The summed E-state index contributed by atoms with van der Waals surface area (Å²) in [6.45, 7) is 0. The lowest BCUT2D eigenvalue weighted by atomic mass is 9.99. The van der Waals surface area contributed by atoms with E-state index in [1.54, 1.807) is 0 Å². The monoisotopic (exact) mass is 905 g/mol. The highest BCUT2D eigenvalue weighted by Gasteiger charge is 2.23. The third kappa shape index (κ3) is 6.11. The standard InChI is InChI=1S/C65H39N5O/c1-3-15-40(16-4-1)41-29-31-43(32-30-41)63-66-64(50-23-13-27-56-60(50)49-22-10-12-26-55(49)69(56)46-19-5-2-6-20-46)68-65(67-63)51-24-14-28-58-61(51)62-52-39-47(35-33-42(52)34-36-59(62)71-58)70-54-25-11-9-21-48(54)53-37-44-17-7-8-18-45(44)38-57(53)70/h1-39H. The molecule has 4 heterocycles. The second-order valence-corrected chi connectivity index (χ2v) is 18.3. The largest absolute Gasteiger partial charge is 0.456 e. The van der Waals surface area contributed by atoms with Crippen molar-refractivity contribution >= 4 is 87.1 Å². The fraction of sp³-hybridized carbons (Fsp3) is 0. The van der Waals surface area contributed by atoms with E-state index in [0.29, 0.717) is 17.5 Å². The highest BCUT2D eigenvalue weighted by atomic mass is 16.3. The average Bonchev–Trinajstić information content (AvgIpc) is 4.11. The first-order valence-electron chi connectivity index (χ1n) is 24.0. The number of fused-ring (bicyclic) bond motifs is 12. The van der Waals surface area contributed by atoms with E-state index in [-0.39, 0.29) is 0 Å². The molecule has 330 valence electrons. The van der Waals surface area contributed by atoms with Crippen LogP contribution in [0.2, 0.25) is 0 Å². The van der Waals surface area contributed by atoms with E-state index >= 15 is 0 Å². The molecular weight excluding hydrogens is 867 g/mol. The van der Waals surface area contributed by atoms with Crippen LogP contribution >= 0.6 is 0 Å². The van der Waals surface area contributed by atoms with Crippen molar-refractivity contribution in [2.75, 3.05) is 0 Å². The topological polar surface area (TPSA) is 61.7 Å². The maximum atomic E-state index is 6.80. The number of rotatable bonds is 6. The molecule has 11 aromatic carbocycles. The summed E-state index contributed by atoms with van der Waals surface area (Å²) in [5.74, 6) is 1.75. The zero-order valence-corrected chi connectivity index (χ0v) is 38.2. The summed E-state index contributed by atoms with van der Waals surface area (Å²) < 4.78 is 11.5. The van der Waals surface area contributed by atoms with Gasteiger partial charge in [-0.1, -0.05) is 170 Å². The molecule has 0 unspecified atom stereocenters. The van der Waals surface area contributed by atoms with Gasteiger partial charge in [0.25, 0.3) is 0 Å². The molecule has 0 atom stereocenters. The van der Waals surface area contributed by atoms with Crippen LogP contribution in [0.15, 0.2) is 241 Å². The Labute approximate surface area is 407 Å². The third-order valence-electron chi connectivity index (χ3n) is 14.3. The number of hydrogen-bond donors (Lipinski definition) is 0. The minimum atomic E-state index is 0.566. The zero-order chi connectivity index (χ0) is 46.6. The summed E-state index contributed by atoms with van der Waals surface area (Å²) in [4.78, 5) is 16.3. The van der Waals surface area contributed by atoms with Crippen LogP contribution in [-0.2, 0) is 0 Å². The van der Waals surface area contributed by atoms with Crippen LogP contribution < -0.4 is 0 Å². The molecule has 0 aliphatic rings. The molecule has 0 spiro atoms. The number of aromatic nitrogens is 5. The predicted octanol–water partition coefficient (Wildman–Crippen LogP) is 16.9. The van der Waals surface area contributed by atoms with Gasteiger partial charge in [0.2, 0.25) is 0 Å². The molecule has 0 aliphatic carbocycles. The van der Waals surface area contributed by atoms with Gasteiger partial charge in [-0.15, -0.1) is 0 Å². The van der Waals surface area contributed by atoms with E-state index in [4.69, 9.17) is 19.4 Å². The fourth-order valence-electron chi connectivity index (χ4n) is 11.1. The lowest BCUT2D eigenvalue weighted by molar-refractivity contribution is 0.669. The number of nitrogens with zero attached hydrogens (tertiary/aromatic N) is 5. The van der Waals surface area contributed by atoms with Gasteiger partial charge in [-0.2, -0.15) is 0 Å². The van der Waals surface area contributed by atoms with Gasteiger partial charge in [-0.3, -0.25) is 0 Å². The van der Waals surface area contributed by atoms with Gasteiger partial charge in [0.15, 0.2) is 17.5 Å². The summed E-state index contributed by atoms with van der Waals surface area (Å²) in [5, 5.41) is 11.3. The minimum Gasteiger partial charge on any atom is -0.456 e. The Morgan fingerprint density at radius 3 is 1.63 bits per heavy atom. The summed E-state index contributed by atoms with van der Waals surface area (Å²) >= 11 is 0. The highest BCUT2D eigenvalue weighted by Crippen LogP contribution is 2.43. The summed E-state index contributed by atoms with van der Waals surface area (Å²) in [7, 11) is 0. The Bertz CT molecular complexity index is 4620. The fourth-order valence-corrected chi connectivity index (χ4v) is 11.1. The first-order valence-corrected chi connectivity index (χ1v) is 24.0. The van der Waals surface area contributed by atoms with Gasteiger partial charge < -0.3 is 13.6 Å². The number of furan rings is 1. The van der Waals surface area contributed by atoms with E-state index in [2.05, 4.69) is 234 Å². The van der Waals surface area contributed by atoms with Crippen LogP contribution in [0.4, 0.5) is 0 Å². The van der Waals surface area contributed by atoms with Crippen LogP contribution in [0, 0.1) is 0 Å². The summed E-state index contributed by atoms with van der Waals surface area (Å²) in [6.07, 6.45) is 0. The quantitative estimate of drug-likeness (QED) is 0.167. The third-order valence-corrected chi connectivity index (χ3v) is 14.3. The highest BCUT2D eigenvalue weighted by molar-refractivity contribution is 6.23. The molecule has 0 saturated heterocycles. The van der Waals surface area contributed by atoms with E-state index in [0.717, 1.165) is 105 Å². The Morgan fingerprint density at radius 2 is 0.845 bits per heavy atom. The minimum absolute atomic E-state index is 0.566. The first-order chi connectivity index (χ1) is 35.2. The Balaban J connectivity index is 0.982. The molecule has 0 saturated carbocycles. The van der Waals surface area contributed by atoms with Gasteiger partial charge in [-0.25, -0.2) is 15.0 Å². The van der Waals surface area contributed by atoms with Crippen LogP contribution in [0.25, 0.3) is 144 Å². The van der Waals surface area contributed by atoms with Crippen molar-refractivity contribution in [1.82, 2.24) is 24.1 Å². The molecule has 15 rings (SSSR count). The molecule has 6 nitrogen and oxygen atoms in total. The number of benzene rings is 11. The predicted molar refractivity (Wildman–Crippen MR) is 293 cm³/mol. The maximum Gasteiger partial charge on any atom is 0.164 e. The number of hydrogen-bond acceptors (Lipinski definition) is 4. The average molecular weight is 906 g/mol. The normalized spacial score (nSPS) is 11.9. The molecule has 0 aliphatic heterocycles. The van der Waals surface area contributed by atoms with Gasteiger partial charge in [-0.05, 0) is 99.4 Å². The number of para-hydroxylation sites is 3. The van der Waals surface area contributed by atoms with Crippen molar-refractivity contribution in [3.8, 4) is 56.7 Å². The van der Waals surface area contributed by atoms with Crippen molar-refractivity contribution in [3.63, 3.8) is 0 Å². The van der Waals surface area contributed by atoms with Crippen LogP contribution in [0.3, 0.4) is 0 Å². The van der Waals surface area contributed by atoms with E-state index in [1.807, 2.05) is 12.1 Å². The molecule has 0 N–H and O–H groups in total. The SMILES string of the molecule is c1ccc(-c2ccc(-c3nc(-c4cccc5oc6ccc7ccc(-n8c9ccccc9c9cc%10ccccc%10cc98)cc7c6c45)nc(-c4cccc5c4c4ccccc4n5-c4ccccc4)n3)cc2)cc1. The van der Waals surface area contributed by atoms with Gasteiger partial charge in [0, 0.05) is 60.4 Å². The molecule has 0 fully saturated rings. The Morgan fingerprint density at radius 1 is 0.282 bits per heavy atom. The van der Waals surface area contributed by atoms with Crippen molar-refractivity contribution in [2.45, 2.75) is 0 Å². The summed E-state index contributed by atoms with van der Waals surface area (Å²) in [6, 6.07) is 83.8. The van der Waals surface area contributed by atoms with Crippen LogP contribution in [0.5, 0.6) is 0 Å². The van der Waals surface area contributed by atoms with Crippen LogP contribution in [-0.4, -0.2) is 24.1 Å². The molecule has 0 amide bonds. The molecular formula is C65H39N5O. The lowest BCUT2D eigenvalue weighted by Crippen LogP contribution is -2.01. The second kappa shape index (κ2) is 15.4. The molecule has 0 radical (unpaired) electrons. The maximum absolute atomic E-state index is 6.80. The first kappa shape index (κ1) is 39.4. The second-order valence-electron chi connectivity index (χ2n) is 18.3. The van der Waals surface area contributed by atoms with Gasteiger partial charge in [0.1, 0.15) is 11.2 Å². The summed E-state index contributed by atoms with van der Waals surface area (Å²) in [5.41, 5.74) is 13.2. The Hall–Kier alpha value is -9.65. The van der Waals surface area contributed by atoms with Crippen molar-refractivity contribution < 1.29 is 4.42 Å². The molecule has 4 aromatic heterocycles. The van der Waals surface area contributed by atoms with Crippen molar-refractivity contribution in [3.05, 3.63) is 237 Å². The van der Waals surface area contributed by atoms with E-state index in [9.17, 15) is 0 Å². The van der Waals surface area contributed by atoms with E-state index in [1.165, 1.54) is 21.5 Å². The van der Waals surface area contributed by atoms with Gasteiger partial charge >= 0.3 is 0 Å². The van der Waals surface area contributed by atoms with Crippen molar-refractivity contribution in [1.29, 1.82) is 0 Å². The van der Waals surface area contributed by atoms with Crippen molar-refractivity contribution in [2.24, 2.45) is 0 Å². The Kier molecular flexibility index (Phi) is 8.56. The molecule has 0 bridgehead atoms. The lowest BCUT2D eigenvalue weighted by Gasteiger charge is -2.12. The smallest absolute Gasteiger partial charge is 0.164 e. The van der Waals surface area contributed by atoms with Crippen LogP contribution in [0.1, 0.15) is 0 Å². The van der Waals surface area contributed by atoms with E-state index < -0.39 is 0 Å². The molecule has 71 heavy (non-hydrogen) atoms. The molecule has 6 heteroatoms. The molecule has 15 aromatic rings. The zero-order valence-electron chi connectivity index (χ0n) is 38.2.